The average Bonchev–Trinajstić information content (AvgIpc) is 2.92. The van der Waals surface area contributed by atoms with Crippen molar-refractivity contribution in [2.24, 2.45) is 0 Å². The van der Waals surface area contributed by atoms with Crippen LogP contribution in [0.1, 0.15) is 64.7 Å². The van der Waals surface area contributed by atoms with Gasteiger partial charge in [0.1, 0.15) is 0 Å². The van der Waals surface area contributed by atoms with Gasteiger partial charge in [-0.3, -0.25) is 4.79 Å². The van der Waals surface area contributed by atoms with E-state index in [4.69, 9.17) is 9.84 Å². The Labute approximate surface area is 144 Å². The number of carboxylic acids is 1. The zero-order chi connectivity index (χ0) is 17.9. The van der Waals surface area contributed by atoms with Crippen LogP contribution in [-0.4, -0.2) is 56.9 Å². The molecule has 0 bridgehead atoms. The van der Waals surface area contributed by atoms with Gasteiger partial charge in [0.05, 0.1) is 30.5 Å². The summed E-state index contributed by atoms with van der Waals surface area (Å²) in [5, 5.41) is 38.3. The van der Waals surface area contributed by atoms with E-state index in [1.54, 1.807) is 12.2 Å². The second-order valence-corrected chi connectivity index (χ2v) is 6.57. The number of carbonyl (C=O) groups is 1. The van der Waals surface area contributed by atoms with Crippen LogP contribution in [-0.2, 0) is 9.53 Å². The van der Waals surface area contributed by atoms with Crippen LogP contribution in [0.3, 0.4) is 0 Å². The van der Waals surface area contributed by atoms with Crippen molar-refractivity contribution in [3.8, 4) is 0 Å². The van der Waals surface area contributed by atoms with Crippen molar-refractivity contribution in [3.63, 3.8) is 0 Å². The summed E-state index contributed by atoms with van der Waals surface area (Å²) in [5.41, 5.74) is 0. The third-order valence-corrected chi connectivity index (χ3v) is 4.46. The Balaban J connectivity index is 2.12. The first-order valence-electron chi connectivity index (χ1n) is 9.03. The smallest absolute Gasteiger partial charge is 0.303 e. The molecule has 0 amide bonds. The molecule has 4 N–H and O–H groups in total. The summed E-state index contributed by atoms with van der Waals surface area (Å²) < 4.78 is 5.60. The number of ether oxygens (including phenoxy) is 1. The monoisotopic (exact) mass is 344 g/mol. The number of hydrogen-bond acceptors (Lipinski definition) is 5. The molecule has 24 heavy (non-hydrogen) atoms. The molecule has 6 nitrogen and oxygen atoms in total. The van der Waals surface area contributed by atoms with Crippen LogP contribution in [0.15, 0.2) is 12.2 Å². The minimum Gasteiger partial charge on any atom is -0.481 e. The molecule has 6 heteroatoms. The Hall–Kier alpha value is -0.950. The summed E-state index contributed by atoms with van der Waals surface area (Å²) in [5.74, 6) is -0.752. The van der Waals surface area contributed by atoms with E-state index in [9.17, 15) is 20.1 Å². The average molecular weight is 344 g/mol. The molecule has 1 rings (SSSR count). The van der Waals surface area contributed by atoms with Crippen molar-refractivity contribution < 1.29 is 30.0 Å². The third-order valence-electron chi connectivity index (χ3n) is 4.46. The lowest BCUT2D eigenvalue weighted by atomic mass is 10.0. The number of aliphatic hydroxyl groups is 3. The van der Waals surface area contributed by atoms with E-state index in [1.165, 1.54) is 0 Å². The van der Waals surface area contributed by atoms with Gasteiger partial charge in [-0.1, -0.05) is 44.8 Å². The molecule has 1 aliphatic rings. The van der Waals surface area contributed by atoms with Crippen LogP contribution in [0, 0.1) is 0 Å². The second-order valence-electron chi connectivity index (χ2n) is 6.57. The minimum atomic E-state index is -0.818. The maximum Gasteiger partial charge on any atom is 0.303 e. The van der Waals surface area contributed by atoms with Crippen LogP contribution in [0.25, 0.3) is 0 Å². The fraction of sp³-hybridized carbons (Fsp3) is 0.833. The fourth-order valence-corrected chi connectivity index (χ4v) is 2.97. The predicted octanol–water partition coefficient (Wildman–Crippen LogP) is 2.01. The third kappa shape index (κ3) is 8.24. The molecule has 1 fully saturated rings. The van der Waals surface area contributed by atoms with Gasteiger partial charge in [0.2, 0.25) is 0 Å². The molecular weight excluding hydrogens is 312 g/mol. The van der Waals surface area contributed by atoms with Crippen LogP contribution in [0.4, 0.5) is 0 Å². The second kappa shape index (κ2) is 11.6. The number of carboxylic acid groups (broad SMARTS) is 1. The highest BCUT2D eigenvalue weighted by Gasteiger charge is 2.35. The molecule has 0 aromatic rings. The highest BCUT2D eigenvalue weighted by atomic mass is 16.5. The molecule has 0 saturated carbocycles. The Morgan fingerprint density at radius 2 is 1.83 bits per heavy atom. The topological polar surface area (TPSA) is 107 Å². The van der Waals surface area contributed by atoms with Gasteiger partial charge in [-0.25, -0.2) is 0 Å². The van der Waals surface area contributed by atoms with Crippen molar-refractivity contribution in [2.75, 3.05) is 0 Å². The number of aliphatic carboxylic acids is 1. The molecule has 1 heterocycles. The SMILES string of the molecule is CC[C@H]1O[C@@H]([C@@H](O)/C=C/[C@H](O)CCCCCCCC(=O)O)C[C@@H]1O. The van der Waals surface area contributed by atoms with Gasteiger partial charge in [0, 0.05) is 12.8 Å². The molecule has 5 atom stereocenters. The lowest BCUT2D eigenvalue weighted by Gasteiger charge is -2.16. The predicted molar refractivity (Wildman–Crippen MR) is 90.7 cm³/mol. The number of unbranched alkanes of at least 4 members (excludes halogenated alkanes) is 4. The van der Waals surface area contributed by atoms with Gasteiger partial charge < -0.3 is 25.2 Å². The number of rotatable bonds is 12. The highest BCUT2D eigenvalue weighted by Crippen LogP contribution is 2.25. The van der Waals surface area contributed by atoms with E-state index in [-0.39, 0.29) is 12.5 Å². The molecule has 0 radical (unpaired) electrons. The molecule has 0 unspecified atom stereocenters. The van der Waals surface area contributed by atoms with Crippen molar-refractivity contribution in [2.45, 2.75) is 95.2 Å². The quantitative estimate of drug-likeness (QED) is 0.319. The minimum absolute atomic E-state index is 0.218. The highest BCUT2D eigenvalue weighted by molar-refractivity contribution is 5.66. The zero-order valence-electron chi connectivity index (χ0n) is 14.5. The fourth-order valence-electron chi connectivity index (χ4n) is 2.97. The summed E-state index contributed by atoms with van der Waals surface area (Å²) in [6, 6.07) is 0. The van der Waals surface area contributed by atoms with Crippen molar-refractivity contribution in [1.29, 1.82) is 0 Å². The molecule has 140 valence electrons. The summed E-state index contributed by atoms with van der Waals surface area (Å²) >= 11 is 0. The van der Waals surface area contributed by atoms with E-state index >= 15 is 0 Å². The van der Waals surface area contributed by atoms with E-state index in [0.717, 1.165) is 25.7 Å². The Morgan fingerprint density at radius 3 is 2.46 bits per heavy atom. The van der Waals surface area contributed by atoms with E-state index in [1.807, 2.05) is 6.92 Å². The van der Waals surface area contributed by atoms with Gasteiger partial charge in [0.25, 0.3) is 0 Å². The Kier molecular flexibility index (Phi) is 10.2. The summed E-state index contributed by atoms with van der Waals surface area (Å²) in [7, 11) is 0. The first-order chi connectivity index (χ1) is 11.4. The molecule has 0 aromatic carbocycles. The Morgan fingerprint density at radius 1 is 1.17 bits per heavy atom. The number of aliphatic hydroxyl groups excluding tert-OH is 3. The summed E-state index contributed by atoms with van der Waals surface area (Å²) in [4.78, 5) is 10.4. The van der Waals surface area contributed by atoms with Crippen LogP contribution < -0.4 is 0 Å². The van der Waals surface area contributed by atoms with Gasteiger partial charge in [-0.15, -0.1) is 0 Å². The molecular formula is C18H32O6. The zero-order valence-corrected chi connectivity index (χ0v) is 14.5. The molecule has 1 aliphatic heterocycles. The molecule has 0 aromatic heterocycles. The summed E-state index contributed by atoms with van der Waals surface area (Å²) in [6.07, 6.45) is 6.92. The van der Waals surface area contributed by atoms with Crippen LogP contribution in [0.5, 0.6) is 0 Å². The molecule has 0 aliphatic carbocycles. The van der Waals surface area contributed by atoms with Crippen LogP contribution in [0.2, 0.25) is 0 Å². The largest absolute Gasteiger partial charge is 0.481 e. The number of hydrogen-bond donors (Lipinski definition) is 4. The van der Waals surface area contributed by atoms with Crippen molar-refractivity contribution >= 4 is 5.97 Å². The molecule has 1 saturated heterocycles. The standard InChI is InChI=1S/C18H32O6/c1-2-16-15(21)12-17(24-16)14(20)11-10-13(19)8-6-4-3-5-7-9-18(22)23/h10-11,13-17,19-21H,2-9,12H2,1H3,(H,22,23)/b11-10+/t13-,14+,15+,16-,17-/m1/s1. The van der Waals surface area contributed by atoms with E-state index in [0.29, 0.717) is 25.7 Å². The first-order valence-corrected chi connectivity index (χ1v) is 9.03. The van der Waals surface area contributed by atoms with Gasteiger partial charge in [0.15, 0.2) is 0 Å². The lowest BCUT2D eigenvalue weighted by Crippen LogP contribution is -2.24. The van der Waals surface area contributed by atoms with Gasteiger partial charge in [-0.2, -0.15) is 0 Å². The normalized spacial score (nSPS) is 26.8. The maximum atomic E-state index is 10.4. The van der Waals surface area contributed by atoms with Crippen LogP contribution >= 0.6 is 0 Å². The van der Waals surface area contributed by atoms with Crippen molar-refractivity contribution in [3.05, 3.63) is 12.2 Å². The summed E-state index contributed by atoms with van der Waals surface area (Å²) in [6.45, 7) is 1.93. The Bertz CT molecular complexity index is 384. The maximum absolute atomic E-state index is 10.4. The van der Waals surface area contributed by atoms with E-state index in [2.05, 4.69) is 0 Å². The van der Waals surface area contributed by atoms with Gasteiger partial charge in [-0.05, 0) is 19.3 Å². The molecule has 0 spiro atoms. The van der Waals surface area contributed by atoms with Gasteiger partial charge >= 0.3 is 5.97 Å². The van der Waals surface area contributed by atoms with E-state index < -0.39 is 30.4 Å². The first kappa shape index (κ1) is 21.1. The lowest BCUT2D eigenvalue weighted by molar-refractivity contribution is -0.137. The van der Waals surface area contributed by atoms with Crippen molar-refractivity contribution in [1.82, 2.24) is 0 Å².